The third-order valence-corrected chi connectivity index (χ3v) is 5.62. The van der Waals surface area contributed by atoms with Gasteiger partial charge in [0.2, 0.25) is 11.8 Å². The van der Waals surface area contributed by atoms with Gasteiger partial charge in [0, 0.05) is 29.6 Å². The summed E-state index contributed by atoms with van der Waals surface area (Å²) in [5.41, 5.74) is -0.144. The maximum atomic E-state index is 13.1. The number of amides is 1. The second-order valence-electron chi connectivity index (χ2n) is 6.09. The number of carbonyl (C=O) groups is 1. The van der Waals surface area contributed by atoms with Gasteiger partial charge in [0.25, 0.3) is 0 Å². The Morgan fingerprint density at radius 2 is 1.68 bits per heavy atom. The zero-order chi connectivity index (χ0) is 13.9. The monoisotopic (exact) mass is 337 g/mol. The standard InChI is InChI=1S/C14H22BrF2NO/c15-10-13(6-2-1-3-7-13)18-12(19)11-4-8-14(16,17)9-5-11/h11H,1-10H2,(H,18,19). The van der Waals surface area contributed by atoms with Crippen LogP contribution in [0.2, 0.25) is 0 Å². The van der Waals surface area contributed by atoms with Gasteiger partial charge in [0.05, 0.1) is 0 Å². The van der Waals surface area contributed by atoms with Crippen molar-refractivity contribution in [3.05, 3.63) is 0 Å². The molecule has 2 aliphatic rings. The molecule has 0 bridgehead atoms. The Morgan fingerprint density at radius 3 is 2.21 bits per heavy atom. The van der Waals surface area contributed by atoms with Crippen LogP contribution in [-0.2, 0) is 4.79 Å². The first kappa shape index (κ1) is 15.2. The first-order valence-electron chi connectivity index (χ1n) is 7.22. The fraction of sp³-hybridized carbons (Fsp3) is 0.929. The second kappa shape index (κ2) is 6.06. The summed E-state index contributed by atoms with van der Waals surface area (Å²) < 4.78 is 26.2. The number of rotatable bonds is 3. The first-order chi connectivity index (χ1) is 8.96. The van der Waals surface area contributed by atoms with E-state index in [4.69, 9.17) is 0 Å². The van der Waals surface area contributed by atoms with E-state index in [-0.39, 0.29) is 30.2 Å². The van der Waals surface area contributed by atoms with Crippen molar-refractivity contribution in [2.75, 3.05) is 5.33 Å². The van der Waals surface area contributed by atoms with Crippen LogP contribution in [0.5, 0.6) is 0 Å². The third kappa shape index (κ3) is 3.89. The lowest BCUT2D eigenvalue weighted by molar-refractivity contribution is -0.131. The number of nitrogens with one attached hydrogen (secondary N) is 1. The van der Waals surface area contributed by atoms with Gasteiger partial charge >= 0.3 is 0 Å². The molecule has 0 aliphatic heterocycles. The summed E-state index contributed by atoms with van der Waals surface area (Å²) in [6.07, 6.45) is 5.82. The van der Waals surface area contributed by atoms with Gasteiger partial charge in [-0.3, -0.25) is 4.79 Å². The minimum atomic E-state index is -2.56. The summed E-state index contributed by atoms with van der Waals surface area (Å²) in [7, 11) is 0. The number of halogens is 3. The Balaban J connectivity index is 1.89. The molecule has 0 atom stereocenters. The number of alkyl halides is 3. The van der Waals surface area contributed by atoms with Gasteiger partial charge in [-0.2, -0.15) is 0 Å². The van der Waals surface area contributed by atoms with E-state index in [9.17, 15) is 13.6 Å². The summed E-state index contributed by atoms with van der Waals surface area (Å²) in [6, 6.07) is 0. The predicted molar refractivity (Wildman–Crippen MR) is 74.7 cm³/mol. The van der Waals surface area contributed by atoms with Gasteiger partial charge in [0.1, 0.15) is 0 Å². The van der Waals surface area contributed by atoms with E-state index >= 15 is 0 Å². The van der Waals surface area contributed by atoms with Crippen LogP contribution < -0.4 is 5.32 Å². The Morgan fingerprint density at radius 1 is 1.11 bits per heavy atom. The molecular weight excluding hydrogens is 316 g/mol. The van der Waals surface area contributed by atoms with Crippen LogP contribution in [0.25, 0.3) is 0 Å². The van der Waals surface area contributed by atoms with Crippen LogP contribution >= 0.6 is 15.9 Å². The molecule has 2 aliphatic carbocycles. The molecule has 110 valence electrons. The highest BCUT2D eigenvalue weighted by molar-refractivity contribution is 9.09. The molecule has 0 heterocycles. The molecule has 0 radical (unpaired) electrons. The molecule has 2 nitrogen and oxygen atoms in total. The molecule has 2 rings (SSSR count). The Bertz CT molecular complexity index is 319. The van der Waals surface area contributed by atoms with Crippen molar-refractivity contribution in [1.29, 1.82) is 0 Å². The maximum absolute atomic E-state index is 13.1. The van der Waals surface area contributed by atoms with Gasteiger partial charge in [-0.25, -0.2) is 8.78 Å². The van der Waals surface area contributed by atoms with E-state index in [0.717, 1.165) is 31.0 Å². The minimum Gasteiger partial charge on any atom is -0.350 e. The summed E-state index contributed by atoms with van der Waals surface area (Å²) in [5, 5.41) is 3.91. The van der Waals surface area contributed by atoms with E-state index < -0.39 is 5.92 Å². The van der Waals surface area contributed by atoms with Gasteiger partial charge in [0.15, 0.2) is 0 Å². The average Bonchev–Trinajstić information content (AvgIpc) is 2.39. The van der Waals surface area contributed by atoms with Crippen molar-refractivity contribution >= 4 is 21.8 Å². The van der Waals surface area contributed by atoms with Crippen LogP contribution in [0.3, 0.4) is 0 Å². The van der Waals surface area contributed by atoms with Crippen molar-refractivity contribution in [3.8, 4) is 0 Å². The largest absolute Gasteiger partial charge is 0.350 e. The van der Waals surface area contributed by atoms with Crippen molar-refractivity contribution in [2.24, 2.45) is 5.92 Å². The Kier molecular flexibility index (Phi) is 4.85. The molecule has 0 aromatic heterocycles. The molecule has 0 unspecified atom stereocenters. The lowest BCUT2D eigenvalue weighted by Gasteiger charge is -2.38. The molecule has 19 heavy (non-hydrogen) atoms. The van der Waals surface area contributed by atoms with Gasteiger partial charge in [-0.15, -0.1) is 0 Å². The first-order valence-corrected chi connectivity index (χ1v) is 8.34. The maximum Gasteiger partial charge on any atom is 0.248 e. The molecule has 0 aromatic rings. The molecule has 2 fully saturated rings. The topological polar surface area (TPSA) is 29.1 Å². The van der Waals surface area contributed by atoms with Gasteiger partial charge < -0.3 is 5.32 Å². The molecule has 1 amide bonds. The SMILES string of the molecule is O=C(NC1(CBr)CCCCC1)C1CCC(F)(F)CC1. The average molecular weight is 338 g/mol. The van der Waals surface area contributed by atoms with Crippen molar-refractivity contribution in [1.82, 2.24) is 5.32 Å². The fourth-order valence-electron chi connectivity index (χ4n) is 3.19. The summed E-state index contributed by atoms with van der Waals surface area (Å²) in [4.78, 5) is 12.3. The van der Waals surface area contributed by atoms with Gasteiger partial charge in [-0.1, -0.05) is 35.2 Å². The van der Waals surface area contributed by atoms with Crippen LogP contribution in [0, 0.1) is 5.92 Å². The van der Waals surface area contributed by atoms with E-state index in [0.29, 0.717) is 12.8 Å². The molecule has 1 N–H and O–H groups in total. The van der Waals surface area contributed by atoms with E-state index in [1.54, 1.807) is 0 Å². The highest BCUT2D eigenvalue weighted by Crippen LogP contribution is 2.37. The zero-order valence-corrected chi connectivity index (χ0v) is 12.8. The van der Waals surface area contributed by atoms with Crippen molar-refractivity contribution in [2.45, 2.75) is 69.2 Å². The Labute approximate surface area is 121 Å². The predicted octanol–water partition coefficient (Wildman–Crippen LogP) is 4.03. The van der Waals surface area contributed by atoms with Crippen LogP contribution in [-0.4, -0.2) is 22.7 Å². The van der Waals surface area contributed by atoms with E-state index in [1.165, 1.54) is 6.42 Å². The van der Waals surface area contributed by atoms with Gasteiger partial charge in [-0.05, 0) is 25.7 Å². The molecule has 0 spiro atoms. The summed E-state index contributed by atoms with van der Waals surface area (Å²) in [6.45, 7) is 0. The van der Waals surface area contributed by atoms with E-state index in [1.807, 2.05) is 0 Å². The molecule has 2 saturated carbocycles. The van der Waals surface area contributed by atoms with Crippen LogP contribution in [0.4, 0.5) is 8.78 Å². The van der Waals surface area contributed by atoms with E-state index in [2.05, 4.69) is 21.2 Å². The zero-order valence-electron chi connectivity index (χ0n) is 11.2. The normalized spacial score (nSPS) is 26.9. The number of hydrogen-bond acceptors (Lipinski definition) is 1. The Hall–Kier alpha value is -0.190. The highest BCUT2D eigenvalue weighted by atomic mass is 79.9. The lowest BCUT2D eigenvalue weighted by Crippen LogP contribution is -2.53. The summed E-state index contributed by atoms with van der Waals surface area (Å²) in [5.74, 6) is -2.80. The molecular formula is C14H22BrF2NO. The quantitative estimate of drug-likeness (QED) is 0.774. The van der Waals surface area contributed by atoms with Crippen molar-refractivity contribution in [3.63, 3.8) is 0 Å². The number of carbonyl (C=O) groups excluding carboxylic acids is 1. The number of hydrogen-bond donors (Lipinski definition) is 1. The third-order valence-electron chi connectivity index (χ3n) is 4.54. The molecule has 0 aromatic carbocycles. The summed E-state index contributed by atoms with van der Waals surface area (Å²) >= 11 is 3.50. The molecule has 0 saturated heterocycles. The second-order valence-corrected chi connectivity index (χ2v) is 6.65. The fourth-order valence-corrected chi connectivity index (χ4v) is 3.89. The smallest absolute Gasteiger partial charge is 0.248 e. The molecule has 5 heteroatoms. The van der Waals surface area contributed by atoms with Crippen LogP contribution in [0.15, 0.2) is 0 Å². The lowest BCUT2D eigenvalue weighted by atomic mass is 9.81. The highest BCUT2D eigenvalue weighted by Gasteiger charge is 2.40. The van der Waals surface area contributed by atoms with Crippen LogP contribution in [0.1, 0.15) is 57.8 Å². The van der Waals surface area contributed by atoms with Crippen molar-refractivity contribution < 1.29 is 13.6 Å². The minimum absolute atomic E-state index is 0.0168.